The lowest BCUT2D eigenvalue weighted by molar-refractivity contribution is 0.314. The largest absolute Gasteiger partial charge is 0.398 e. The van der Waals surface area contributed by atoms with E-state index in [1.54, 1.807) is 24.3 Å². The van der Waals surface area contributed by atoms with E-state index in [0.717, 1.165) is 5.56 Å². The molecule has 2 rings (SSSR count). The van der Waals surface area contributed by atoms with Crippen LogP contribution in [0.4, 0.5) is 10.1 Å². The maximum Gasteiger partial charge on any atom is 0.127 e. The number of anilines is 1. The monoisotopic (exact) mass is 278 g/mol. The molecular formula is C15H16ClFN2. The minimum Gasteiger partial charge on any atom is -0.398 e. The summed E-state index contributed by atoms with van der Waals surface area (Å²) in [5.74, 6) is -0.187. The second-order valence-corrected chi connectivity index (χ2v) is 5.04. The van der Waals surface area contributed by atoms with E-state index in [0.29, 0.717) is 29.4 Å². The van der Waals surface area contributed by atoms with Crippen molar-refractivity contribution < 1.29 is 4.39 Å². The Morgan fingerprint density at radius 3 is 2.53 bits per heavy atom. The van der Waals surface area contributed by atoms with E-state index in [1.165, 1.54) is 6.07 Å². The zero-order chi connectivity index (χ0) is 13.8. The summed E-state index contributed by atoms with van der Waals surface area (Å²) in [6, 6.07) is 12.2. The minimum atomic E-state index is -0.187. The molecule has 0 bridgehead atoms. The topological polar surface area (TPSA) is 29.3 Å². The summed E-state index contributed by atoms with van der Waals surface area (Å²) in [5, 5.41) is 0.656. The Balaban J connectivity index is 2.07. The molecule has 0 amide bonds. The van der Waals surface area contributed by atoms with Crippen molar-refractivity contribution in [1.29, 1.82) is 0 Å². The van der Waals surface area contributed by atoms with Crippen LogP contribution in [0.15, 0.2) is 42.5 Å². The highest BCUT2D eigenvalue weighted by Gasteiger charge is 2.08. The van der Waals surface area contributed by atoms with Gasteiger partial charge >= 0.3 is 0 Å². The lowest BCUT2D eigenvalue weighted by atomic mass is 10.1. The molecule has 0 saturated heterocycles. The Morgan fingerprint density at radius 2 is 1.79 bits per heavy atom. The third kappa shape index (κ3) is 3.69. The van der Waals surface area contributed by atoms with E-state index < -0.39 is 0 Å². The number of nitrogen functional groups attached to an aromatic ring is 1. The van der Waals surface area contributed by atoms with Crippen LogP contribution in [-0.4, -0.2) is 11.9 Å². The summed E-state index contributed by atoms with van der Waals surface area (Å²) >= 11 is 5.95. The molecule has 2 aromatic carbocycles. The van der Waals surface area contributed by atoms with Crippen molar-refractivity contribution in [3.8, 4) is 0 Å². The van der Waals surface area contributed by atoms with E-state index >= 15 is 0 Å². The lowest BCUT2D eigenvalue weighted by Gasteiger charge is -2.18. The maximum atomic E-state index is 13.6. The van der Waals surface area contributed by atoms with Crippen molar-refractivity contribution in [3.63, 3.8) is 0 Å². The van der Waals surface area contributed by atoms with Gasteiger partial charge in [0.25, 0.3) is 0 Å². The number of nitrogens with two attached hydrogens (primary N) is 1. The molecule has 0 aromatic heterocycles. The van der Waals surface area contributed by atoms with Crippen LogP contribution in [0.3, 0.4) is 0 Å². The summed E-state index contributed by atoms with van der Waals surface area (Å²) < 4.78 is 13.6. The van der Waals surface area contributed by atoms with Crippen LogP contribution in [0.25, 0.3) is 0 Å². The van der Waals surface area contributed by atoms with Gasteiger partial charge in [0.1, 0.15) is 5.82 Å². The van der Waals surface area contributed by atoms with Crippen LogP contribution in [0.2, 0.25) is 5.02 Å². The first kappa shape index (κ1) is 13.8. The first-order valence-electron chi connectivity index (χ1n) is 6.02. The molecule has 4 heteroatoms. The second-order valence-electron chi connectivity index (χ2n) is 4.61. The molecule has 100 valence electrons. The van der Waals surface area contributed by atoms with Gasteiger partial charge in [-0.25, -0.2) is 4.39 Å². The number of hydrogen-bond donors (Lipinski definition) is 1. The molecule has 0 spiro atoms. The zero-order valence-electron chi connectivity index (χ0n) is 10.7. The van der Waals surface area contributed by atoms with Gasteiger partial charge in [0.15, 0.2) is 0 Å². The minimum absolute atomic E-state index is 0.187. The Labute approximate surface area is 117 Å². The highest BCUT2D eigenvalue weighted by molar-refractivity contribution is 6.30. The van der Waals surface area contributed by atoms with Crippen LogP contribution < -0.4 is 5.73 Å². The number of nitrogens with zero attached hydrogens (tertiary/aromatic N) is 1. The van der Waals surface area contributed by atoms with Gasteiger partial charge in [0, 0.05) is 29.4 Å². The first-order chi connectivity index (χ1) is 9.06. The number of benzene rings is 2. The third-order valence-corrected chi connectivity index (χ3v) is 3.18. The van der Waals surface area contributed by atoms with Crippen molar-refractivity contribution in [2.75, 3.05) is 12.8 Å². The summed E-state index contributed by atoms with van der Waals surface area (Å²) in [4.78, 5) is 2.00. The normalized spacial score (nSPS) is 10.9. The quantitative estimate of drug-likeness (QED) is 0.864. The highest BCUT2D eigenvalue weighted by atomic mass is 35.5. The van der Waals surface area contributed by atoms with Gasteiger partial charge < -0.3 is 5.73 Å². The fourth-order valence-electron chi connectivity index (χ4n) is 1.98. The lowest BCUT2D eigenvalue weighted by Crippen LogP contribution is -2.18. The van der Waals surface area contributed by atoms with Gasteiger partial charge in [-0.05, 0) is 36.9 Å². The van der Waals surface area contributed by atoms with Gasteiger partial charge in [0.05, 0.1) is 0 Å². The van der Waals surface area contributed by atoms with E-state index in [-0.39, 0.29) is 5.82 Å². The molecule has 0 fully saturated rings. The molecule has 0 unspecified atom stereocenters. The number of rotatable bonds is 4. The van der Waals surface area contributed by atoms with Crippen LogP contribution in [-0.2, 0) is 13.1 Å². The number of halogens is 2. The maximum absolute atomic E-state index is 13.6. The molecule has 0 atom stereocenters. The first-order valence-corrected chi connectivity index (χ1v) is 6.40. The molecule has 0 aliphatic carbocycles. The fourth-order valence-corrected chi connectivity index (χ4v) is 2.17. The Morgan fingerprint density at radius 1 is 1.11 bits per heavy atom. The van der Waals surface area contributed by atoms with Crippen molar-refractivity contribution >= 4 is 17.3 Å². The third-order valence-electron chi connectivity index (χ3n) is 2.94. The number of hydrogen-bond acceptors (Lipinski definition) is 2. The van der Waals surface area contributed by atoms with E-state index in [4.69, 9.17) is 17.3 Å². The molecule has 0 heterocycles. The Kier molecular flexibility index (Phi) is 4.40. The van der Waals surface area contributed by atoms with E-state index in [1.807, 2.05) is 24.1 Å². The van der Waals surface area contributed by atoms with E-state index in [2.05, 4.69) is 0 Å². The molecule has 0 aliphatic rings. The van der Waals surface area contributed by atoms with Gasteiger partial charge in [-0.15, -0.1) is 0 Å². The highest BCUT2D eigenvalue weighted by Crippen LogP contribution is 2.20. The van der Waals surface area contributed by atoms with Crippen LogP contribution in [0.5, 0.6) is 0 Å². The molecule has 19 heavy (non-hydrogen) atoms. The molecule has 0 saturated carbocycles. The average molecular weight is 279 g/mol. The summed E-state index contributed by atoms with van der Waals surface area (Å²) in [6.07, 6.45) is 0. The van der Waals surface area contributed by atoms with Crippen molar-refractivity contribution in [2.24, 2.45) is 0 Å². The van der Waals surface area contributed by atoms with Crippen LogP contribution in [0, 0.1) is 5.82 Å². The van der Waals surface area contributed by atoms with E-state index in [9.17, 15) is 4.39 Å². The summed E-state index contributed by atoms with van der Waals surface area (Å²) in [7, 11) is 1.92. The zero-order valence-corrected chi connectivity index (χ0v) is 11.5. The molecule has 0 radical (unpaired) electrons. The van der Waals surface area contributed by atoms with Crippen LogP contribution in [0.1, 0.15) is 11.1 Å². The SMILES string of the molecule is CN(Cc1cc(Cl)ccc1N)Cc1ccccc1F. The molecule has 2 N–H and O–H groups in total. The Bertz CT molecular complexity index is 572. The molecule has 2 nitrogen and oxygen atoms in total. The Hall–Kier alpha value is -1.58. The molecular weight excluding hydrogens is 263 g/mol. The van der Waals surface area contributed by atoms with Crippen molar-refractivity contribution in [1.82, 2.24) is 4.90 Å². The summed E-state index contributed by atoms with van der Waals surface area (Å²) in [5.41, 5.74) is 8.22. The second kappa shape index (κ2) is 6.04. The van der Waals surface area contributed by atoms with Crippen molar-refractivity contribution in [3.05, 3.63) is 64.4 Å². The van der Waals surface area contributed by atoms with Crippen LogP contribution >= 0.6 is 11.6 Å². The van der Waals surface area contributed by atoms with Gasteiger partial charge in [-0.1, -0.05) is 29.8 Å². The predicted octanol–water partition coefficient (Wildman–Crippen LogP) is 3.69. The van der Waals surface area contributed by atoms with Gasteiger partial charge in [0.2, 0.25) is 0 Å². The summed E-state index contributed by atoms with van der Waals surface area (Å²) in [6.45, 7) is 1.15. The average Bonchev–Trinajstić information content (AvgIpc) is 2.37. The molecule has 2 aromatic rings. The van der Waals surface area contributed by atoms with Gasteiger partial charge in [-0.3, -0.25) is 4.90 Å². The predicted molar refractivity (Wildman–Crippen MR) is 77.4 cm³/mol. The standard InChI is InChI=1S/C15H16ClFN2/c1-19(9-11-4-2-3-5-14(11)17)10-12-8-13(16)6-7-15(12)18/h2-8H,9-10,18H2,1H3. The van der Waals surface area contributed by atoms with Gasteiger partial charge in [-0.2, -0.15) is 0 Å². The smallest absolute Gasteiger partial charge is 0.127 e. The van der Waals surface area contributed by atoms with Crippen molar-refractivity contribution in [2.45, 2.75) is 13.1 Å². The fraction of sp³-hybridized carbons (Fsp3) is 0.200. The molecule has 0 aliphatic heterocycles.